The van der Waals surface area contributed by atoms with Gasteiger partial charge in [-0.3, -0.25) is 9.59 Å². The number of pyridine rings is 1. The molecule has 5 rings (SSSR count). The van der Waals surface area contributed by atoms with Crippen LogP contribution in [0.3, 0.4) is 0 Å². The van der Waals surface area contributed by atoms with Crippen LogP contribution in [0.15, 0.2) is 91.1 Å². The van der Waals surface area contributed by atoms with E-state index in [1.54, 1.807) is 84.3 Å². The summed E-state index contributed by atoms with van der Waals surface area (Å²) in [6.45, 7) is 1.73. The molecule has 0 amide bonds. The van der Waals surface area contributed by atoms with Crippen LogP contribution in [0.25, 0.3) is 16.6 Å². The molecule has 0 saturated carbocycles. The van der Waals surface area contributed by atoms with Crippen molar-refractivity contribution in [3.63, 3.8) is 0 Å². The van der Waals surface area contributed by atoms with Gasteiger partial charge in [-0.05, 0) is 48.4 Å². The van der Waals surface area contributed by atoms with Gasteiger partial charge in [0, 0.05) is 22.9 Å². The molecule has 5 aromatic rings. The van der Waals surface area contributed by atoms with Gasteiger partial charge < -0.3 is 9.51 Å². The number of nitrogens with zero attached hydrogens (tertiary/aromatic N) is 1. The molecule has 1 unspecified atom stereocenters. The topological polar surface area (TPSA) is 58.8 Å². The Bertz CT molecular complexity index is 1660. The average molecular weight is 532 g/mol. The molecular formula is C30H20Cl2FNO3. The van der Waals surface area contributed by atoms with E-state index in [9.17, 15) is 14.7 Å². The van der Waals surface area contributed by atoms with Gasteiger partial charge in [0.25, 0.3) is 0 Å². The number of carbonyl (C=O) groups is 2. The SMILES string of the molecule is Cc1c(-c2ccc(C(=O)C(O)c3ccccc3)cc2F)c2ccccn2c1C(=O)c1c(Cl)cccc1Cl. The maximum atomic E-state index is 15.6. The number of rotatable bonds is 6. The maximum absolute atomic E-state index is 15.6. The third-order valence-electron chi connectivity index (χ3n) is 6.38. The summed E-state index contributed by atoms with van der Waals surface area (Å²) in [5.74, 6) is -1.65. The van der Waals surface area contributed by atoms with Gasteiger partial charge in [-0.2, -0.15) is 0 Å². The fourth-order valence-electron chi connectivity index (χ4n) is 4.60. The number of carbonyl (C=O) groups excluding carboxylic acids is 2. The number of benzene rings is 3. The fourth-order valence-corrected chi connectivity index (χ4v) is 5.17. The summed E-state index contributed by atoms with van der Waals surface area (Å²) in [7, 11) is 0. The molecule has 0 fully saturated rings. The van der Waals surface area contributed by atoms with Gasteiger partial charge in [0.05, 0.1) is 26.8 Å². The van der Waals surface area contributed by atoms with E-state index < -0.39 is 23.5 Å². The minimum Gasteiger partial charge on any atom is -0.380 e. The predicted octanol–water partition coefficient (Wildman–Crippen LogP) is 7.51. The van der Waals surface area contributed by atoms with Gasteiger partial charge >= 0.3 is 0 Å². The van der Waals surface area contributed by atoms with Gasteiger partial charge in [-0.15, -0.1) is 0 Å². The Balaban J connectivity index is 1.62. The molecule has 37 heavy (non-hydrogen) atoms. The second-order valence-electron chi connectivity index (χ2n) is 8.60. The highest BCUT2D eigenvalue weighted by Crippen LogP contribution is 2.37. The molecule has 2 aromatic heterocycles. The summed E-state index contributed by atoms with van der Waals surface area (Å²) in [4.78, 5) is 26.5. The summed E-state index contributed by atoms with van der Waals surface area (Å²) in [5, 5.41) is 10.9. The first-order chi connectivity index (χ1) is 17.8. The Morgan fingerprint density at radius 2 is 1.57 bits per heavy atom. The van der Waals surface area contributed by atoms with Crippen molar-refractivity contribution < 1.29 is 19.1 Å². The zero-order valence-electron chi connectivity index (χ0n) is 19.6. The number of aliphatic hydroxyl groups is 1. The first kappa shape index (κ1) is 24.9. The van der Waals surface area contributed by atoms with E-state index in [0.717, 1.165) is 6.07 Å². The van der Waals surface area contributed by atoms with E-state index in [1.807, 2.05) is 0 Å². The molecule has 0 aliphatic rings. The molecule has 0 spiro atoms. The quantitative estimate of drug-likeness (QED) is 0.230. The van der Waals surface area contributed by atoms with Crippen LogP contribution in [0.1, 0.15) is 43.6 Å². The molecule has 3 aromatic carbocycles. The van der Waals surface area contributed by atoms with Gasteiger partial charge in [-0.1, -0.05) is 77.8 Å². The third kappa shape index (κ3) is 4.36. The number of fused-ring (bicyclic) bond motifs is 1. The molecule has 0 bridgehead atoms. The molecule has 184 valence electrons. The summed E-state index contributed by atoms with van der Waals surface area (Å²) in [5.41, 5.74) is 2.80. The monoisotopic (exact) mass is 531 g/mol. The smallest absolute Gasteiger partial charge is 0.213 e. The van der Waals surface area contributed by atoms with E-state index in [1.165, 1.54) is 12.1 Å². The van der Waals surface area contributed by atoms with Crippen LogP contribution in [-0.4, -0.2) is 21.1 Å². The Labute approximate surface area is 222 Å². The Hall–Kier alpha value is -3.77. The highest BCUT2D eigenvalue weighted by Gasteiger charge is 2.27. The standard InChI is InChI=1S/C30H20Cl2FNO3/c1-17-25(20-14-13-19(16-23(20)33)29(36)28(35)18-8-3-2-4-9-18)24-12-5-6-15-34(24)27(17)30(37)26-21(31)10-7-11-22(26)32/h2-16,28,35H,1H3. The Morgan fingerprint density at radius 3 is 2.24 bits per heavy atom. The predicted molar refractivity (Wildman–Crippen MR) is 143 cm³/mol. The van der Waals surface area contributed by atoms with Crippen LogP contribution in [0.5, 0.6) is 0 Å². The highest BCUT2D eigenvalue weighted by atomic mass is 35.5. The number of Topliss-reactive ketones (excluding diaryl/α,β-unsaturated/α-hetero) is 1. The first-order valence-electron chi connectivity index (χ1n) is 11.4. The van der Waals surface area contributed by atoms with Gasteiger partial charge in [-0.25, -0.2) is 4.39 Å². The van der Waals surface area contributed by atoms with Gasteiger partial charge in [0.15, 0.2) is 5.78 Å². The number of ketones is 2. The second kappa shape index (κ2) is 9.94. The lowest BCUT2D eigenvalue weighted by molar-refractivity contribution is 0.0747. The molecular weight excluding hydrogens is 512 g/mol. The van der Waals surface area contributed by atoms with E-state index >= 15 is 4.39 Å². The number of aromatic nitrogens is 1. The highest BCUT2D eigenvalue weighted by molar-refractivity contribution is 6.41. The lowest BCUT2D eigenvalue weighted by atomic mass is 9.95. The minimum absolute atomic E-state index is 0.0397. The van der Waals surface area contributed by atoms with Crippen molar-refractivity contribution in [1.82, 2.24) is 4.40 Å². The first-order valence-corrected chi connectivity index (χ1v) is 12.2. The molecule has 0 aliphatic carbocycles. The van der Waals surface area contributed by atoms with Gasteiger partial charge in [0.1, 0.15) is 11.9 Å². The van der Waals surface area contributed by atoms with E-state index in [0.29, 0.717) is 27.9 Å². The van der Waals surface area contributed by atoms with Crippen molar-refractivity contribution in [2.75, 3.05) is 0 Å². The zero-order valence-corrected chi connectivity index (χ0v) is 21.1. The van der Waals surface area contributed by atoms with Crippen molar-refractivity contribution in [2.24, 2.45) is 0 Å². The Morgan fingerprint density at radius 1 is 0.892 bits per heavy atom. The number of hydrogen-bond donors (Lipinski definition) is 1. The van der Waals surface area contributed by atoms with Crippen molar-refractivity contribution in [3.05, 3.63) is 135 Å². The van der Waals surface area contributed by atoms with Crippen LogP contribution in [0.2, 0.25) is 10.0 Å². The molecule has 0 saturated heterocycles. The van der Waals surface area contributed by atoms with Crippen LogP contribution in [0, 0.1) is 12.7 Å². The fraction of sp³-hybridized carbons (Fsp3) is 0.0667. The Kier molecular flexibility index (Phi) is 6.69. The van der Waals surface area contributed by atoms with Gasteiger partial charge in [0.2, 0.25) is 5.78 Å². The van der Waals surface area contributed by atoms with Crippen molar-refractivity contribution in [3.8, 4) is 11.1 Å². The molecule has 7 heteroatoms. The van der Waals surface area contributed by atoms with E-state index in [4.69, 9.17) is 23.2 Å². The van der Waals surface area contributed by atoms with Crippen molar-refractivity contribution >= 4 is 40.3 Å². The molecule has 1 atom stereocenters. The third-order valence-corrected chi connectivity index (χ3v) is 7.01. The molecule has 0 aliphatic heterocycles. The molecule has 0 radical (unpaired) electrons. The lowest BCUT2D eigenvalue weighted by Crippen LogP contribution is -2.12. The van der Waals surface area contributed by atoms with Crippen LogP contribution >= 0.6 is 23.2 Å². The summed E-state index contributed by atoms with van der Waals surface area (Å²) < 4.78 is 17.2. The van der Waals surface area contributed by atoms with Crippen molar-refractivity contribution in [1.29, 1.82) is 0 Å². The lowest BCUT2D eigenvalue weighted by Gasteiger charge is -2.11. The van der Waals surface area contributed by atoms with Crippen molar-refractivity contribution in [2.45, 2.75) is 13.0 Å². The maximum Gasteiger partial charge on any atom is 0.213 e. The van der Waals surface area contributed by atoms with Crippen LogP contribution in [0.4, 0.5) is 4.39 Å². The number of aliphatic hydroxyl groups excluding tert-OH is 1. The zero-order chi connectivity index (χ0) is 26.3. The molecule has 4 nitrogen and oxygen atoms in total. The number of hydrogen-bond acceptors (Lipinski definition) is 3. The summed E-state index contributed by atoms with van der Waals surface area (Å²) in [6, 6.07) is 22.7. The largest absolute Gasteiger partial charge is 0.380 e. The number of halogens is 3. The van der Waals surface area contributed by atoms with Crippen LogP contribution in [-0.2, 0) is 0 Å². The average Bonchev–Trinajstić information content (AvgIpc) is 3.19. The van der Waals surface area contributed by atoms with Crippen LogP contribution < -0.4 is 0 Å². The molecule has 1 N–H and O–H groups in total. The van der Waals surface area contributed by atoms with E-state index in [2.05, 4.69) is 0 Å². The summed E-state index contributed by atoms with van der Waals surface area (Å²) >= 11 is 12.6. The second-order valence-corrected chi connectivity index (χ2v) is 9.42. The van der Waals surface area contributed by atoms with E-state index in [-0.39, 0.29) is 26.7 Å². The normalized spacial score (nSPS) is 12.0. The minimum atomic E-state index is -1.41. The molecule has 2 heterocycles. The summed E-state index contributed by atoms with van der Waals surface area (Å²) in [6.07, 6.45) is 0.309.